The van der Waals surface area contributed by atoms with Crippen molar-refractivity contribution in [1.29, 1.82) is 0 Å². The molecule has 0 fully saturated rings. The molecular formula is C19H25BrN2O5. The van der Waals surface area contributed by atoms with E-state index in [9.17, 15) is 9.59 Å². The number of aromatic nitrogens is 1. The Balaban J connectivity index is 2.31. The van der Waals surface area contributed by atoms with Crippen molar-refractivity contribution < 1.29 is 23.8 Å². The van der Waals surface area contributed by atoms with Gasteiger partial charge in [-0.05, 0) is 67.7 Å². The molecule has 2 rings (SSSR count). The van der Waals surface area contributed by atoms with Gasteiger partial charge in [-0.1, -0.05) is 0 Å². The van der Waals surface area contributed by atoms with E-state index in [4.69, 9.17) is 14.2 Å². The van der Waals surface area contributed by atoms with E-state index >= 15 is 0 Å². The number of methoxy groups -OCH3 is 1. The number of carbonyl (C=O) groups excluding carboxylic acids is 2. The predicted octanol–water partition coefficient (Wildman–Crippen LogP) is 4.18. The van der Waals surface area contributed by atoms with Gasteiger partial charge in [0.25, 0.3) is 0 Å². The summed E-state index contributed by atoms with van der Waals surface area (Å²) >= 11 is 3.50. The monoisotopic (exact) mass is 440 g/mol. The lowest BCUT2D eigenvalue weighted by atomic mass is 10.1. The summed E-state index contributed by atoms with van der Waals surface area (Å²) in [5.74, 6) is 0.219. The highest BCUT2D eigenvalue weighted by Crippen LogP contribution is 2.33. The second-order valence-electron chi connectivity index (χ2n) is 6.91. The lowest BCUT2D eigenvalue weighted by Gasteiger charge is -2.19. The van der Waals surface area contributed by atoms with Crippen LogP contribution in [0.1, 0.15) is 43.7 Å². The molecule has 0 unspecified atom stereocenters. The van der Waals surface area contributed by atoms with Crippen molar-refractivity contribution in [3.8, 4) is 5.75 Å². The van der Waals surface area contributed by atoms with Crippen LogP contribution in [0, 0.1) is 0 Å². The average Bonchev–Trinajstić information content (AvgIpc) is 2.93. The molecule has 1 amide bonds. The molecule has 1 heterocycles. The highest BCUT2D eigenvalue weighted by Gasteiger charge is 2.21. The minimum Gasteiger partial charge on any atom is -0.497 e. The minimum absolute atomic E-state index is 0.272. The van der Waals surface area contributed by atoms with Crippen molar-refractivity contribution >= 4 is 38.9 Å². The maximum Gasteiger partial charge on any atom is 0.407 e. The van der Waals surface area contributed by atoms with Crippen molar-refractivity contribution in [2.75, 3.05) is 20.3 Å². The third-order valence-electron chi connectivity index (χ3n) is 3.70. The van der Waals surface area contributed by atoms with Crippen LogP contribution in [-0.4, -0.2) is 42.9 Å². The van der Waals surface area contributed by atoms with E-state index < -0.39 is 17.7 Å². The van der Waals surface area contributed by atoms with Gasteiger partial charge in [0, 0.05) is 16.4 Å². The lowest BCUT2D eigenvalue weighted by molar-refractivity contribution is 0.0517. The zero-order chi connectivity index (χ0) is 20.2. The Hall–Kier alpha value is -2.22. The molecule has 2 aromatic rings. The Labute approximate surface area is 166 Å². The number of amides is 1. The number of halogens is 1. The van der Waals surface area contributed by atoms with Gasteiger partial charge in [0.05, 0.1) is 19.2 Å². The molecule has 7 nitrogen and oxygen atoms in total. The van der Waals surface area contributed by atoms with Gasteiger partial charge >= 0.3 is 12.1 Å². The van der Waals surface area contributed by atoms with Gasteiger partial charge in [-0.2, -0.15) is 0 Å². The van der Waals surface area contributed by atoms with E-state index in [1.807, 2.05) is 12.1 Å². The first kappa shape index (κ1) is 21.1. The van der Waals surface area contributed by atoms with E-state index in [-0.39, 0.29) is 6.61 Å². The summed E-state index contributed by atoms with van der Waals surface area (Å²) in [6, 6.07) is 3.67. The fraction of sp³-hybridized carbons (Fsp3) is 0.474. The van der Waals surface area contributed by atoms with E-state index in [0.29, 0.717) is 24.4 Å². The maximum atomic E-state index is 12.4. The van der Waals surface area contributed by atoms with Crippen LogP contribution in [0.3, 0.4) is 0 Å². The van der Waals surface area contributed by atoms with Crippen LogP contribution < -0.4 is 10.1 Å². The molecule has 0 bridgehead atoms. The first-order valence-electron chi connectivity index (χ1n) is 8.68. The smallest absolute Gasteiger partial charge is 0.407 e. The first-order chi connectivity index (χ1) is 12.7. The maximum absolute atomic E-state index is 12.4. The second-order valence-corrected chi connectivity index (χ2v) is 7.76. The minimum atomic E-state index is -0.570. The van der Waals surface area contributed by atoms with Crippen molar-refractivity contribution in [2.45, 2.75) is 39.7 Å². The summed E-state index contributed by atoms with van der Waals surface area (Å²) < 4.78 is 16.5. The van der Waals surface area contributed by atoms with E-state index in [0.717, 1.165) is 20.9 Å². The molecule has 0 saturated carbocycles. The van der Waals surface area contributed by atoms with Crippen LogP contribution >= 0.6 is 15.9 Å². The normalized spacial score (nSPS) is 11.3. The summed E-state index contributed by atoms with van der Waals surface area (Å²) in [4.78, 5) is 27.4. The van der Waals surface area contributed by atoms with E-state index in [1.54, 1.807) is 34.8 Å². The van der Waals surface area contributed by atoms with E-state index in [1.165, 1.54) is 0 Å². The molecule has 0 atom stereocenters. The summed E-state index contributed by atoms with van der Waals surface area (Å²) in [6.45, 7) is 7.74. The standard InChI is InChI=1S/C19H25BrN2O5/c1-6-26-17(23)16-12(7-8-21-18(24)27-19(2,3)4)13-9-11(25-5)10-14(20)15(13)22-16/h9-10,22H,6-8H2,1-5H3,(H,21,24). The molecule has 1 aromatic heterocycles. The predicted molar refractivity (Wildman–Crippen MR) is 106 cm³/mol. The molecule has 0 spiro atoms. The third-order valence-corrected chi connectivity index (χ3v) is 4.32. The number of alkyl carbamates (subject to hydrolysis) is 1. The molecule has 2 N–H and O–H groups in total. The summed E-state index contributed by atoms with van der Waals surface area (Å²) in [5, 5.41) is 3.54. The van der Waals surface area contributed by atoms with Crippen LogP contribution in [0.2, 0.25) is 0 Å². The third kappa shape index (κ3) is 5.38. The summed E-state index contributed by atoms with van der Waals surface area (Å²) in [7, 11) is 1.58. The van der Waals surface area contributed by atoms with Gasteiger partial charge in [-0.25, -0.2) is 9.59 Å². The molecule has 1 aromatic carbocycles. The van der Waals surface area contributed by atoms with Gasteiger partial charge < -0.3 is 24.5 Å². The fourth-order valence-electron chi connectivity index (χ4n) is 2.64. The summed E-state index contributed by atoms with van der Waals surface area (Å²) in [6.07, 6.45) is -0.0775. The molecule has 0 aliphatic carbocycles. The zero-order valence-corrected chi connectivity index (χ0v) is 17.8. The molecule has 0 saturated heterocycles. The second kappa shape index (κ2) is 8.65. The quantitative estimate of drug-likeness (QED) is 0.657. The molecule has 8 heteroatoms. The highest BCUT2D eigenvalue weighted by molar-refractivity contribution is 9.10. The fourth-order valence-corrected chi connectivity index (χ4v) is 3.18. The number of hydrogen-bond acceptors (Lipinski definition) is 5. The van der Waals surface area contributed by atoms with Gasteiger partial charge in [-0.3, -0.25) is 0 Å². The van der Waals surface area contributed by atoms with Crippen LogP contribution in [-0.2, 0) is 15.9 Å². The summed E-state index contributed by atoms with van der Waals surface area (Å²) in [5.41, 5.74) is 1.32. The Morgan fingerprint density at radius 1 is 1.26 bits per heavy atom. The van der Waals surface area contributed by atoms with Crippen LogP contribution in [0.5, 0.6) is 5.75 Å². The van der Waals surface area contributed by atoms with Crippen molar-refractivity contribution in [3.05, 3.63) is 27.9 Å². The Morgan fingerprint density at radius 3 is 2.56 bits per heavy atom. The number of nitrogens with one attached hydrogen (secondary N) is 2. The zero-order valence-electron chi connectivity index (χ0n) is 16.2. The van der Waals surface area contributed by atoms with Crippen molar-refractivity contribution in [1.82, 2.24) is 10.3 Å². The number of fused-ring (bicyclic) bond motifs is 1. The van der Waals surface area contributed by atoms with Gasteiger partial charge in [0.1, 0.15) is 17.0 Å². The van der Waals surface area contributed by atoms with Crippen LogP contribution in [0.4, 0.5) is 4.79 Å². The molecular weight excluding hydrogens is 416 g/mol. The Morgan fingerprint density at radius 2 is 1.96 bits per heavy atom. The lowest BCUT2D eigenvalue weighted by Crippen LogP contribution is -2.33. The topological polar surface area (TPSA) is 89.7 Å². The molecule has 148 valence electrons. The largest absolute Gasteiger partial charge is 0.497 e. The van der Waals surface area contributed by atoms with E-state index in [2.05, 4.69) is 26.2 Å². The molecule has 0 aliphatic rings. The van der Waals surface area contributed by atoms with Crippen molar-refractivity contribution in [2.24, 2.45) is 0 Å². The van der Waals surface area contributed by atoms with Crippen LogP contribution in [0.15, 0.2) is 16.6 Å². The van der Waals surface area contributed by atoms with Gasteiger partial charge in [-0.15, -0.1) is 0 Å². The molecule has 27 heavy (non-hydrogen) atoms. The highest BCUT2D eigenvalue weighted by atomic mass is 79.9. The number of hydrogen-bond donors (Lipinski definition) is 2. The molecule has 0 radical (unpaired) electrons. The number of rotatable bonds is 6. The Kier molecular flexibility index (Phi) is 6.75. The number of carbonyl (C=O) groups is 2. The average molecular weight is 441 g/mol. The first-order valence-corrected chi connectivity index (χ1v) is 9.47. The SMILES string of the molecule is CCOC(=O)c1[nH]c2c(Br)cc(OC)cc2c1CCNC(=O)OC(C)(C)C. The Bertz CT molecular complexity index is 839. The molecule has 0 aliphatic heterocycles. The number of H-pyrrole nitrogens is 1. The number of ether oxygens (including phenoxy) is 3. The van der Waals surface area contributed by atoms with Crippen molar-refractivity contribution in [3.63, 3.8) is 0 Å². The van der Waals surface area contributed by atoms with Gasteiger partial charge in [0.15, 0.2) is 0 Å². The van der Waals surface area contributed by atoms with Gasteiger partial charge in [0.2, 0.25) is 0 Å². The number of aromatic amines is 1. The number of esters is 1. The number of benzene rings is 1. The van der Waals surface area contributed by atoms with Crippen LogP contribution in [0.25, 0.3) is 10.9 Å².